The highest BCUT2D eigenvalue weighted by atomic mass is 35.5. The molecule has 0 spiro atoms. The molecule has 2 nitrogen and oxygen atoms in total. The fraction of sp³-hybridized carbons (Fsp3) is 0.400. The number of benzene rings is 1. The Kier molecular flexibility index (Phi) is 4.94. The molecule has 2 rings (SSSR count). The van der Waals surface area contributed by atoms with Crippen molar-refractivity contribution in [3.8, 4) is 0 Å². The van der Waals surface area contributed by atoms with Crippen molar-refractivity contribution in [1.29, 1.82) is 0 Å². The summed E-state index contributed by atoms with van der Waals surface area (Å²) in [6, 6.07) is 10.7. The molecular formula is C15H19ClN2S. The fourth-order valence-electron chi connectivity index (χ4n) is 2.10. The van der Waals surface area contributed by atoms with Gasteiger partial charge in [0, 0.05) is 30.1 Å². The molecule has 0 fully saturated rings. The summed E-state index contributed by atoms with van der Waals surface area (Å²) in [7, 11) is 2.09. The molecule has 102 valence electrons. The molecule has 0 aliphatic carbocycles. The average Bonchev–Trinajstić information content (AvgIpc) is 2.45. The highest BCUT2D eigenvalue weighted by molar-refractivity contribution is 7.98. The molecule has 0 saturated carbocycles. The first kappa shape index (κ1) is 14.5. The van der Waals surface area contributed by atoms with Crippen molar-refractivity contribution >= 4 is 40.1 Å². The number of para-hydroxylation sites is 1. The van der Waals surface area contributed by atoms with Gasteiger partial charge in [0.1, 0.15) is 5.82 Å². The molecule has 4 heteroatoms. The van der Waals surface area contributed by atoms with Gasteiger partial charge < -0.3 is 4.90 Å². The maximum Gasteiger partial charge on any atom is 0.129 e. The summed E-state index contributed by atoms with van der Waals surface area (Å²) in [6.45, 7) is 2.22. The Morgan fingerprint density at radius 3 is 2.79 bits per heavy atom. The molecule has 0 bridgehead atoms. The third kappa shape index (κ3) is 3.15. The van der Waals surface area contributed by atoms with E-state index in [2.05, 4.69) is 37.3 Å². The number of thioether (sulfide) groups is 1. The topological polar surface area (TPSA) is 16.1 Å². The number of alkyl halides is 1. The van der Waals surface area contributed by atoms with E-state index in [4.69, 9.17) is 16.6 Å². The Morgan fingerprint density at radius 1 is 1.37 bits per heavy atom. The second-order valence-electron chi connectivity index (χ2n) is 4.71. The summed E-state index contributed by atoms with van der Waals surface area (Å²) in [5, 5.41) is 1.15. The van der Waals surface area contributed by atoms with Gasteiger partial charge in [0.25, 0.3) is 0 Å². The molecule has 19 heavy (non-hydrogen) atoms. The van der Waals surface area contributed by atoms with Gasteiger partial charge in [-0.15, -0.1) is 11.6 Å². The van der Waals surface area contributed by atoms with Crippen LogP contribution in [0.15, 0.2) is 30.3 Å². The van der Waals surface area contributed by atoms with Crippen molar-refractivity contribution in [2.75, 3.05) is 24.0 Å². The summed E-state index contributed by atoms with van der Waals surface area (Å²) in [4.78, 5) is 6.97. The average molecular weight is 295 g/mol. The van der Waals surface area contributed by atoms with E-state index >= 15 is 0 Å². The quantitative estimate of drug-likeness (QED) is 0.770. The van der Waals surface area contributed by atoms with Gasteiger partial charge in [-0.3, -0.25) is 0 Å². The van der Waals surface area contributed by atoms with E-state index in [1.165, 1.54) is 0 Å². The van der Waals surface area contributed by atoms with Crippen molar-refractivity contribution in [2.45, 2.75) is 18.8 Å². The minimum absolute atomic E-state index is 0.451. The first-order valence-corrected chi connectivity index (χ1v) is 8.26. The lowest BCUT2D eigenvalue weighted by molar-refractivity contribution is 0.755. The number of aromatic nitrogens is 1. The molecule has 1 aromatic heterocycles. The summed E-state index contributed by atoms with van der Waals surface area (Å²) >= 11 is 7.92. The van der Waals surface area contributed by atoms with Crippen LogP contribution in [0.3, 0.4) is 0 Å². The van der Waals surface area contributed by atoms with Crippen molar-refractivity contribution in [3.63, 3.8) is 0 Å². The van der Waals surface area contributed by atoms with Gasteiger partial charge in [0.05, 0.1) is 5.52 Å². The highest BCUT2D eigenvalue weighted by Crippen LogP contribution is 2.25. The predicted molar refractivity (Wildman–Crippen MR) is 87.5 cm³/mol. The SMILES string of the molecule is CSCC(C)N(C)c1cc(CCl)c2ccccc2n1. The smallest absolute Gasteiger partial charge is 0.129 e. The minimum Gasteiger partial charge on any atom is -0.356 e. The van der Waals surface area contributed by atoms with Crippen LogP contribution in [0.1, 0.15) is 12.5 Å². The summed E-state index contributed by atoms with van der Waals surface area (Å²) in [5.74, 6) is 2.60. The van der Waals surface area contributed by atoms with Crippen LogP contribution in [0.2, 0.25) is 0 Å². The molecule has 0 amide bonds. The lowest BCUT2D eigenvalue weighted by Crippen LogP contribution is -2.31. The van der Waals surface area contributed by atoms with Crippen LogP contribution in [0.25, 0.3) is 10.9 Å². The van der Waals surface area contributed by atoms with E-state index < -0.39 is 0 Å². The Hall–Kier alpha value is -0.930. The number of fused-ring (bicyclic) bond motifs is 1. The normalized spacial score (nSPS) is 12.6. The predicted octanol–water partition coefficient (Wildman–Crippen LogP) is 4.16. The Balaban J connectivity index is 2.44. The lowest BCUT2D eigenvalue weighted by atomic mass is 10.1. The molecule has 1 aromatic carbocycles. The standard InChI is InChI=1S/C15H19ClN2S/c1-11(10-19-3)18(2)15-8-12(9-16)13-6-4-5-7-14(13)17-15/h4-8,11H,9-10H2,1-3H3. The molecular weight excluding hydrogens is 276 g/mol. The van der Waals surface area contributed by atoms with E-state index in [0.717, 1.165) is 28.0 Å². The van der Waals surface area contributed by atoms with E-state index in [0.29, 0.717) is 11.9 Å². The van der Waals surface area contributed by atoms with Gasteiger partial charge in [-0.1, -0.05) is 18.2 Å². The lowest BCUT2D eigenvalue weighted by Gasteiger charge is -2.26. The molecule has 1 unspecified atom stereocenters. The number of hydrogen-bond donors (Lipinski definition) is 0. The van der Waals surface area contributed by atoms with Crippen molar-refractivity contribution < 1.29 is 0 Å². The molecule has 0 radical (unpaired) electrons. The fourth-order valence-corrected chi connectivity index (χ4v) is 3.03. The van der Waals surface area contributed by atoms with Gasteiger partial charge >= 0.3 is 0 Å². The van der Waals surface area contributed by atoms with Crippen LogP contribution in [0.5, 0.6) is 0 Å². The first-order valence-electron chi connectivity index (χ1n) is 6.33. The van der Waals surface area contributed by atoms with E-state index in [1.54, 1.807) is 0 Å². The molecule has 2 aromatic rings. The van der Waals surface area contributed by atoms with Crippen molar-refractivity contribution in [3.05, 3.63) is 35.9 Å². The maximum atomic E-state index is 6.07. The zero-order valence-corrected chi connectivity index (χ0v) is 13.1. The van der Waals surface area contributed by atoms with E-state index in [9.17, 15) is 0 Å². The van der Waals surface area contributed by atoms with Gasteiger partial charge in [-0.2, -0.15) is 11.8 Å². The molecule has 0 aliphatic heterocycles. The maximum absolute atomic E-state index is 6.07. The van der Waals surface area contributed by atoms with Crippen molar-refractivity contribution in [2.24, 2.45) is 0 Å². The van der Waals surface area contributed by atoms with Gasteiger partial charge in [0.15, 0.2) is 0 Å². The molecule has 0 saturated heterocycles. The largest absolute Gasteiger partial charge is 0.356 e. The first-order chi connectivity index (χ1) is 9.17. The number of hydrogen-bond acceptors (Lipinski definition) is 3. The number of pyridine rings is 1. The van der Waals surface area contributed by atoms with Crippen LogP contribution in [-0.4, -0.2) is 30.1 Å². The number of nitrogens with zero attached hydrogens (tertiary/aromatic N) is 2. The van der Waals surface area contributed by atoms with Gasteiger partial charge in [0.2, 0.25) is 0 Å². The molecule has 1 atom stereocenters. The van der Waals surface area contributed by atoms with Crippen LogP contribution < -0.4 is 4.90 Å². The van der Waals surface area contributed by atoms with Gasteiger partial charge in [-0.05, 0) is 30.9 Å². The van der Waals surface area contributed by atoms with E-state index in [-0.39, 0.29) is 0 Å². The molecule has 0 aliphatic rings. The van der Waals surface area contributed by atoms with Crippen molar-refractivity contribution in [1.82, 2.24) is 4.98 Å². The minimum atomic E-state index is 0.451. The van der Waals surface area contributed by atoms with E-state index in [1.807, 2.05) is 30.0 Å². The highest BCUT2D eigenvalue weighted by Gasteiger charge is 2.13. The third-order valence-corrected chi connectivity index (χ3v) is 4.47. The van der Waals surface area contributed by atoms with Crippen LogP contribution in [0, 0.1) is 0 Å². The number of halogens is 1. The van der Waals surface area contributed by atoms with Gasteiger partial charge in [-0.25, -0.2) is 4.98 Å². The summed E-state index contributed by atoms with van der Waals surface area (Å²) in [6.07, 6.45) is 2.13. The Morgan fingerprint density at radius 2 is 2.11 bits per heavy atom. The van der Waals surface area contributed by atoms with Crippen LogP contribution >= 0.6 is 23.4 Å². The zero-order chi connectivity index (χ0) is 13.8. The van der Waals surface area contributed by atoms with Crippen LogP contribution in [-0.2, 0) is 5.88 Å². The third-order valence-electron chi connectivity index (χ3n) is 3.36. The Bertz CT molecular complexity index is 559. The Labute approximate surface area is 124 Å². The molecule has 1 heterocycles. The van der Waals surface area contributed by atoms with Crippen LogP contribution in [0.4, 0.5) is 5.82 Å². The monoisotopic (exact) mass is 294 g/mol. The zero-order valence-electron chi connectivity index (χ0n) is 11.6. The second kappa shape index (κ2) is 6.49. The number of rotatable bonds is 5. The number of anilines is 1. The summed E-state index contributed by atoms with van der Waals surface area (Å²) in [5.41, 5.74) is 2.16. The summed E-state index contributed by atoms with van der Waals surface area (Å²) < 4.78 is 0. The second-order valence-corrected chi connectivity index (χ2v) is 5.88. The molecule has 0 N–H and O–H groups in total.